The van der Waals surface area contributed by atoms with Crippen LogP contribution in [0, 0.1) is 0 Å². The number of nitrogens with two attached hydrogens (primary N) is 1. The van der Waals surface area contributed by atoms with E-state index in [1.54, 1.807) is 13.0 Å². The largest absolute Gasteiger partial charge is 0.493 e. The fraction of sp³-hybridized carbons (Fsp3) is 0.294. The van der Waals surface area contributed by atoms with Crippen molar-refractivity contribution in [3.05, 3.63) is 41.9 Å². The molecule has 1 heterocycles. The van der Waals surface area contributed by atoms with Crippen molar-refractivity contribution in [1.29, 1.82) is 0 Å². The zero-order valence-electron chi connectivity index (χ0n) is 14.7. The molecule has 0 saturated heterocycles. The van der Waals surface area contributed by atoms with Crippen LogP contribution in [0.2, 0.25) is 0 Å². The van der Waals surface area contributed by atoms with Gasteiger partial charge in [-0.25, -0.2) is 0 Å². The van der Waals surface area contributed by atoms with E-state index >= 15 is 0 Å². The standard InChI is InChI=1S/C17H21N3O5.ClH/c1-10(9-18)19-16(21)11-7-14(23-2)15(24-3)8-12(11)20-17(22)13-5-4-6-25-13;/h4-8,10H,9,18H2,1-3H3,(H,19,21)(H,20,22);1H/t10-;/m0./s1. The number of halogens is 1. The summed E-state index contributed by atoms with van der Waals surface area (Å²) in [5.74, 6) is -0.0204. The number of methoxy groups -OCH3 is 2. The molecule has 0 aliphatic heterocycles. The Hall–Kier alpha value is -2.71. The molecule has 1 atom stereocenters. The summed E-state index contributed by atoms with van der Waals surface area (Å²) in [6, 6.07) is 5.90. The minimum atomic E-state index is -0.488. The highest BCUT2D eigenvalue weighted by Crippen LogP contribution is 2.33. The van der Waals surface area contributed by atoms with Crippen LogP contribution in [-0.4, -0.2) is 38.6 Å². The summed E-state index contributed by atoms with van der Waals surface area (Å²) < 4.78 is 15.5. The Balaban J connectivity index is 0.00000338. The van der Waals surface area contributed by atoms with Gasteiger partial charge in [0.15, 0.2) is 17.3 Å². The molecule has 1 aromatic carbocycles. The first-order valence-electron chi connectivity index (χ1n) is 7.62. The van der Waals surface area contributed by atoms with Crippen LogP contribution < -0.4 is 25.8 Å². The van der Waals surface area contributed by atoms with Crippen LogP contribution in [0.1, 0.15) is 27.8 Å². The molecular weight excluding hydrogens is 362 g/mol. The van der Waals surface area contributed by atoms with E-state index in [0.29, 0.717) is 11.5 Å². The predicted octanol–water partition coefficient (Wildman–Crippen LogP) is 2.05. The minimum Gasteiger partial charge on any atom is -0.493 e. The predicted molar refractivity (Wildman–Crippen MR) is 99.4 cm³/mol. The summed E-state index contributed by atoms with van der Waals surface area (Å²) >= 11 is 0. The molecule has 1 aromatic heterocycles. The average Bonchev–Trinajstić information content (AvgIpc) is 3.15. The topological polar surface area (TPSA) is 116 Å². The van der Waals surface area contributed by atoms with Crippen LogP contribution in [0.5, 0.6) is 11.5 Å². The third kappa shape index (κ3) is 4.90. The Labute approximate surface area is 157 Å². The van der Waals surface area contributed by atoms with Crippen LogP contribution in [0.25, 0.3) is 0 Å². The molecule has 8 nitrogen and oxygen atoms in total. The second kappa shape index (κ2) is 9.69. The van der Waals surface area contributed by atoms with E-state index < -0.39 is 11.8 Å². The summed E-state index contributed by atoms with van der Waals surface area (Å²) in [4.78, 5) is 24.8. The molecule has 0 unspecified atom stereocenters. The van der Waals surface area contributed by atoms with Gasteiger partial charge >= 0.3 is 0 Å². The maximum atomic E-state index is 12.5. The van der Waals surface area contributed by atoms with Gasteiger partial charge in [0.25, 0.3) is 11.8 Å². The number of nitrogens with one attached hydrogen (secondary N) is 2. The highest BCUT2D eigenvalue weighted by Gasteiger charge is 2.20. The first-order valence-corrected chi connectivity index (χ1v) is 7.62. The SMILES string of the molecule is COc1cc(NC(=O)c2ccco2)c(C(=O)N[C@@H](C)CN)cc1OC.Cl. The van der Waals surface area contributed by atoms with E-state index in [0.717, 1.165) is 0 Å². The van der Waals surface area contributed by atoms with Gasteiger partial charge in [-0.1, -0.05) is 0 Å². The van der Waals surface area contributed by atoms with Crippen LogP contribution in [0.3, 0.4) is 0 Å². The number of hydrogen-bond donors (Lipinski definition) is 3. The molecule has 2 amide bonds. The Kier molecular flexibility index (Phi) is 7.95. The Morgan fingerprint density at radius 2 is 1.85 bits per heavy atom. The van der Waals surface area contributed by atoms with Crippen molar-refractivity contribution >= 4 is 29.9 Å². The number of carbonyl (C=O) groups excluding carboxylic acids is 2. The lowest BCUT2D eigenvalue weighted by Crippen LogP contribution is -2.38. The van der Waals surface area contributed by atoms with Crippen molar-refractivity contribution in [2.24, 2.45) is 5.73 Å². The molecule has 0 saturated carbocycles. The van der Waals surface area contributed by atoms with Crippen molar-refractivity contribution in [1.82, 2.24) is 5.32 Å². The van der Waals surface area contributed by atoms with E-state index in [1.807, 2.05) is 0 Å². The first-order chi connectivity index (χ1) is 12.0. The van der Waals surface area contributed by atoms with Gasteiger partial charge in [-0.2, -0.15) is 0 Å². The maximum absolute atomic E-state index is 12.5. The lowest BCUT2D eigenvalue weighted by molar-refractivity contribution is 0.0941. The molecule has 4 N–H and O–H groups in total. The first kappa shape index (κ1) is 21.3. The van der Waals surface area contributed by atoms with Gasteiger partial charge < -0.3 is 30.3 Å². The fourth-order valence-electron chi connectivity index (χ4n) is 2.12. The van der Waals surface area contributed by atoms with Crippen molar-refractivity contribution < 1.29 is 23.5 Å². The zero-order chi connectivity index (χ0) is 18.4. The second-order valence-corrected chi connectivity index (χ2v) is 5.29. The number of ether oxygens (including phenoxy) is 2. The molecular formula is C17H22ClN3O5. The smallest absolute Gasteiger partial charge is 0.291 e. The zero-order valence-corrected chi connectivity index (χ0v) is 15.5. The number of hydrogen-bond acceptors (Lipinski definition) is 6. The van der Waals surface area contributed by atoms with E-state index in [2.05, 4.69) is 10.6 Å². The van der Waals surface area contributed by atoms with E-state index in [-0.39, 0.29) is 42.0 Å². The molecule has 2 aromatic rings. The second-order valence-electron chi connectivity index (χ2n) is 5.29. The van der Waals surface area contributed by atoms with E-state index in [9.17, 15) is 9.59 Å². The van der Waals surface area contributed by atoms with Crippen LogP contribution in [-0.2, 0) is 0 Å². The van der Waals surface area contributed by atoms with Crippen molar-refractivity contribution in [3.63, 3.8) is 0 Å². The van der Waals surface area contributed by atoms with Crippen molar-refractivity contribution in [2.75, 3.05) is 26.1 Å². The quantitative estimate of drug-likeness (QED) is 0.673. The number of benzene rings is 1. The van der Waals surface area contributed by atoms with Crippen molar-refractivity contribution in [3.8, 4) is 11.5 Å². The van der Waals surface area contributed by atoms with Gasteiger partial charge in [0.05, 0.1) is 31.7 Å². The molecule has 0 aliphatic carbocycles. The third-order valence-corrected chi connectivity index (χ3v) is 3.49. The van der Waals surface area contributed by atoms with Crippen LogP contribution in [0.15, 0.2) is 34.9 Å². The molecule has 9 heteroatoms. The van der Waals surface area contributed by atoms with E-state index in [4.69, 9.17) is 19.6 Å². The van der Waals surface area contributed by atoms with E-state index in [1.165, 1.54) is 38.7 Å². The molecule has 2 rings (SSSR count). The average molecular weight is 384 g/mol. The van der Waals surface area contributed by atoms with Gasteiger partial charge in [0.2, 0.25) is 0 Å². The third-order valence-electron chi connectivity index (χ3n) is 3.49. The van der Waals surface area contributed by atoms with Gasteiger partial charge in [-0.15, -0.1) is 12.4 Å². The minimum absolute atomic E-state index is 0. The van der Waals surface area contributed by atoms with Gasteiger partial charge in [-0.05, 0) is 25.1 Å². The number of amides is 2. The van der Waals surface area contributed by atoms with Crippen LogP contribution >= 0.6 is 12.4 Å². The molecule has 142 valence electrons. The summed E-state index contributed by atoms with van der Waals surface area (Å²) in [6.45, 7) is 2.06. The van der Waals surface area contributed by atoms with Gasteiger partial charge in [0, 0.05) is 18.7 Å². The Bertz CT molecular complexity index is 749. The normalized spacial score (nSPS) is 11.1. The summed E-state index contributed by atoms with van der Waals surface area (Å²) in [7, 11) is 2.93. The Morgan fingerprint density at radius 1 is 1.19 bits per heavy atom. The number of carbonyl (C=O) groups is 2. The fourth-order valence-corrected chi connectivity index (χ4v) is 2.12. The number of furan rings is 1. The summed E-state index contributed by atoms with van der Waals surface area (Å²) in [5, 5.41) is 5.40. The molecule has 0 bridgehead atoms. The van der Waals surface area contributed by atoms with Gasteiger partial charge in [0.1, 0.15) is 0 Å². The molecule has 26 heavy (non-hydrogen) atoms. The lowest BCUT2D eigenvalue weighted by Gasteiger charge is -2.17. The maximum Gasteiger partial charge on any atom is 0.291 e. The molecule has 0 fully saturated rings. The van der Waals surface area contributed by atoms with Crippen molar-refractivity contribution in [2.45, 2.75) is 13.0 Å². The lowest BCUT2D eigenvalue weighted by atomic mass is 10.1. The summed E-state index contributed by atoms with van der Waals surface area (Å²) in [5.41, 5.74) is 6.03. The molecule has 0 radical (unpaired) electrons. The molecule has 0 aliphatic rings. The molecule has 0 spiro atoms. The monoisotopic (exact) mass is 383 g/mol. The highest BCUT2D eigenvalue weighted by atomic mass is 35.5. The number of anilines is 1. The Morgan fingerprint density at radius 3 is 2.38 bits per heavy atom. The number of rotatable bonds is 7. The highest BCUT2D eigenvalue weighted by molar-refractivity contribution is 6.08. The summed E-state index contributed by atoms with van der Waals surface area (Å²) in [6.07, 6.45) is 1.39. The van der Waals surface area contributed by atoms with Gasteiger partial charge in [-0.3, -0.25) is 9.59 Å². The van der Waals surface area contributed by atoms with Crippen LogP contribution in [0.4, 0.5) is 5.69 Å².